The maximum absolute atomic E-state index is 5.41. The van der Waals surface area contributed by atoms with Crippen molar-refractivity contribution in [1.82, 2.24) is 9.97 Å². The number of methoxy groups -OCH3 is 1. The van der Waals surface area contributed by atoms with Gasteiger partial charge in [0.15, 0.2) is 0 Å². The molecule has 1 aliphatic heterocycles. The first kappa shape index (κ1) is 16.1. The van der Waals surface area contributed by atoms with Crippen LogP contribution in [0.4, 0.5) is 5.69 Å². The second kappa shape index (κ2) is 7.23. The van der Waals surface area contributed by atoms with E-state index in [1.807, 2.05) is 30.2 Å². The number of aromatic amines is 1. The van der Waals surface area contributed by atoms with E-state index >= 15 is 0 Å². The highest BCUT2D eigenvalue weighted by molar-refractivity contribution is 7.99. The monoisotopic (exact) mass is 351 g/mol. The lowest BCUT2D eigenvalue weighted by atomic mass is 10.1. The molecular formula is C20H21N3OS. The molecule has 0 saturated carbocycles. The van der Waals surface area contributed by atoms with E-state index in [1.165, 1.54) is 16.1 Å². The van der Waals surface area contributed by atoms with Crippen LogP contribution in [0, 0.1) is 0 Å². The van der Waals surface area contributed by atoms with Gasteiger partial charge in [-0.25, -0.2) is 4.98 Å². The Kier molecular flexibility index (Phi) is 4.65. The van der Waals surface area contributed by atoms with Crippen LogP contribution < -0.4 is 9.64 Å². The Labute approximate surface area is 152 Å². The van der Waals surface area contributed by atoms with Gasteiger partial charge in [0.05, 0.1) is 19.3 Å². The Balaban J connectivity index is 1.63. The summed E-state index contributed by atoms with van der Waals surface area (Å²) in [6.07, 6.45) is 4.77. The molecule has 1 N–H and O–H groups in total. The second-order valence-electron chi connectivity index (χ2n) is 6.10. The van der Waals surface area contributed by atoms with Gasteiger partial charge in [-0.2, -0.15) is 0 Å². The Hall–Kier alpha value is -2.40. The van der Waals surface area contributed by atoms with Gasteiger partial charge in [0, 0.05) is 29.1 Å². The number of H-pyrrole nitrogens is 1. The standard InChI is InChI=1S/C20H21N3OS/c1-24-16-6-4-5-15(13-16)18-9-12-23(14-20-21-10-11-22-20)17-7-2-3-8-19(17)25-18/h2-8,10-11,13,18H,9,12,14H2,1H3,(H,21,22). The van der Waals surface area contributed by atoms with E-state index in [1.54, 1.807) is 7.11 Å². The van der Waals surface area contributed by atoms with Crippen molar-refractivity contribution < 1.29 is 4.74 Å². The molecule has 0 spiro atoms. The van der Waals surface area contributed by atoms with Gasteiger partial charge in [0.2, 0.25) is 0 Å². The van der Waals surface area contributed by atoms with Crippen LogP contribution in [0.1, 0.15) is 23.1 Å². The number of imidazole rings is 1. The molecule has 0 bridgehead atoms. The molecule has 1 atom stereocenters. The van der Waals surface area contributed by atoms with Gasteiger partial charge < -0.3 is 14.6 Å². The average Bonchev–Trinajstić information content (AvgIpc) is 3.10. The van der Waals surface area contributed by atoms with Crippen LogP contribution in [0.5, 0.6) is 5.75 Å². The van der Waals surface area contributed by atoms with Crippen LogP contribution in [0.25, 0.3) is 0 Å². The zero-order valence-electron chi connectivity index (χ0n) is 14.2. The van der Waals surface area contributed by atoms with E-state index in [-0.39, 0.29) is 0 Å². The van der Waals surface area contributed by atoms with Gasteiger partial charge in [-0.15, -0.1) is 11.8 Å². The lowest BCUT2D eigenvalue weighted by Gasteiger charge is -2.23. The number of ether oxygens (including phenoxy) is 1. The SMILES string of the molecule is COc1cccc(C2CCN(Cc3ncc[nH]3)c3ccccc3S2)c1. The highest BCUT2D eigenvalue weighted by atomic mass is 32.2. The number of hydrogen-bond acceptors (Lipinski definition) is 4. The van der Waals surface area contributed by atoms with Gasteiger partial charge in [0.1, 0.15) is 11.6 Å². The van der Waals surface area contributed by atoms with Crippen LogP contribution in [-0.2, 0) is 6.54 Å². The Morgan fingerprint density at radius 3 is 3.00 bits per heavy atom. The summed E-state index contributed by atoms with van der Waals surface area (Å²) in [5.41, 5.74) is 2.60. The molecule has 0 radical (unpaired) electrons. The molecule has 25 heavy (non-hydrogen) atoms. The smallest absolute Gasteiger partial charge is 0.125 e. The van der Waals surface area contributed by atoms with Gasteiger partial charge >= 0.3 is 0 Å². The lowest BCUT2D eigenvalue weighted by molar-refractivity contribution is 0.414. The van der Waals surface area contributed by atoms with Crippen molar-refractivity contribution in [2.45, 2.75) is 23.1 Å². The van der Waals surface area contributed by atoms with Crippen molar-refractivity contribution in [3.05, 3.63) is 72.3 Å². The number of fused-ring (bicyclic) bond motifs is 1. The number of nitrogens with one attached hydrogen (secondary N) is 1. The fourth-order valence-electron chi connectivity index (χ4n) is 3.23. The third kappa shape index (κ3) is 3.51. The summed E-state index contributed by atoms with van der Waals surface area (Å²) >= 11 is 1.94. The van der Waals surface area contributed by atoms with Gasteiger partial charge in [-0.3, -0.25) is 0 Å². The molecule has 0 amide bonds. The van der Waals surface area contributed by atoms with E-state index in [2.05, 4.69) is 57.3 Å². The van der Waals surface area contributed by atoms with Crippen LogP contribution in [-0.4, -0.2) is 23.6 Å². The van der Waals surface area contributed by atoms with Crippen molar-refractivity contribution in [1.29, 1.82) is 0 Å². The quantitative estimate of drug-likeness (QED) is 0.742. The Morgan fingerprint density at radius 1 is 1.24 bits per heavy atom. The summed E-state index contributed by atoms with van der Waals surface area (Å²) in [5, 5.41) is 0.415. The molecule has 3 aromatic rings. The highest BCUT2D eigenvalue weighted by Gasteiger charge is 2.23. The van der Waals surface area contributed by atoms with Crippen molar-refractivity contribution in [2.24, 2.45) is 0 Å². The minimum absolute atomic E-state index is 0.415. The summed E-state index contributed by atoms with van der Waals surface area (Å²) in [6.45, 7) is 1.79. The average molecular weight is 351 g/mol. The molecule has 0 saturated heterocycles. The largest absolute Gasteiger partial charge is 0.497 e. The van der Waals surface area contributed by atoms with E-state index in [0.717, 1.165) is 31.1 Å². The maximum Gasteiger partial charge on any atom is 0.125 e. The number of nitrogens with zero attached hydrogens (tertiary/aromatic N) is 2. The number of aromatic nitrogens is 2. The van der Waals surface area contributed by atoms with E-state index in [9.17, 15) is 0 Å². The van der Waals surface area contributed by atoms with Crippen molar-refractivity contribution in [3.63, 3.8) is 0 Å². The lowest BCUT2D eigenvalue weighted by Crippen LogP contribution is -2.24. The van der Waals surface area contributed by atoms with E-state index in [0.29, 0.717) is 5.25 Å². The molecule has 4 nitrogen and oxygen atoms in total. The van der Waals surface area contributed by atoms with Crippen LogP contribution in [0.15, 0.2) is 65.8 Å². The molecule has 2 heterocycles. The molecule has 0 aliphatic carbocycles. The zero-order valence-corrected chi connectivity index (χ0v) is 15.0. The summed E-state index contributed by atoms with van der Waals surface area (Å²) in [4.78, 5) is 11.3. The van der Waals surface area contributed by atoms with E-state index in [4.69, 9.17) is 4.74 Å². The predicted molar refractivity (Wildman–Crippen MR) is 102 cm³/mol. The van der Waals surface area contributed by atoms with Crippen LogP contribution in [0.3, 0.4) is 0 Å². The normalized spacial score (nSPS) is 17.0. The number of para-hydroxylation sites is 1. The molecule has 2 aromatic carbocycles. The van der Waals surface area contributed by atoms with Crippen molar-refractivity contribution >= 4 is 17.4 Å². The highest BCUT2D eigenvalue weighted by Crippen LogP contribution is 2.45. The minimum atomic E-state index is 0.415. The minimum Gasteiger partial charge on any atom is -0.497 e. The number of hydrogen-bond donors (Lipinski definition) is 1. The maximum atomic E-state index is 5.41. The zero-order chi connectivity index (χ0) is 17.1. The van der Waals surface area contributed by atoms with Gasteiger partial charge in [-0.05, 0) is 36.2 Å². The Morgan fingerprint density at radius 2 is 2.16 bits per heavy atom. The fraction of sp³-hybridized carbons (Fsp3) is 0.250. The summed E-state index contributed by atoms with van der Waals surface area (Å²) in [7, 11) is 1.72. The first-order chi connectivity index (χ1) is 12.3. The first-order valence-electron chi connectivity index (χ1n) is 8.46. The molecule has 128 valence electrons. The third-order valence-corrected chi connectivity index (χ3v) is 5.89. The summed E-state index contributed by atoms with van der Waals surface area (Å²) in [5.74, 6) is 1.92. The predicted octanol–water partition coefficient (Wildman–Crippen LogP) is 4.66. The van der Waals surface area contributed by atoms with Crippen molar-refractivity contribution in [2.75, 3.05) is 18.6 Å². The number of benzene rings is 2. The molecular weight excluding hydrogens is 330 g/mol. The molecule has 0 fully saturated rings. The number of anilines is 1. The topological polar surface area (TPSA) is 41.1 Å². The van der Waals surface area contributed by atoms with Crippen molar-refractivity contribution in [3.8, 4) is 5.75 Å². The number of rotatable bonds is 4. The van der Waals surface area contributed by atoms with E-state index < -0.39 is 0 Å². The molecule has 4 rings (SSSR count). The molecule has 1 aromatic heterocycles. The summed E-state index contributed by atoms with van der Waals surface area (Å²) < 4.78 is 5.41. The Bertz CT molecular complexity index is 834. The first-order valence-corrected chi connectivity index (χ1v) is 9.34. The summed E-state index contributed by atoms with van der Waals surface area (Å²) in [6, 6.07) is 17.1. The molecule has 5 heteroatoms. The molecule has 1 aliphatic rings. The fourth-order valence-corrected chi connectivity index (χ4v) is 4.52. The molecule has 1 unspecified atom stereocenters. The number of thioether (sulfide) groups is 1. The van der Waals surface area contributed by atoms with Crippen LogP contribution in [0.2, 0.25) is 0 Å². The van der Waals surface area contributed by atoms with Crippen LogP contribution >= 0.6 is 11.8 Å². The second-order valence-corrected chi connectivity index (χ2v) is 7.34. The van der Waals surface area contributed by atoms with Gasteiger partial charge in [0.25, 0.3) is 0 Å². The third-order valence-electron chi connectivity index (χ3n) is 4.50. The van der Waals surface area contributed by atoms with Gasteiger partial charge in [-0.1, -0.05) is 24.3 Å².